The molecule has 0 spiro atoms. The van der Waals surface area contributed by atoms with E-state index >= 15 is 0 Å². The second kappa shape index (κ2) is 2.91. The second-order valence-corrected chi connectivity index (χ2v) is 2.21. The lowest BCUT2D eigenvalue weighted by molar-refractivity contribution is -0.151. The van der Waals surface area contributed by atoms with Gasteiger partial charge in [0, 0.05) is 5.92 Å². The topological polar surface area (TPSA) is 69.6 Å². The summed E-state index contributed by atoms with van der Waals surface area (Å²) in [5.41, 5.74) is -0.277. The normalized spacial score (nSPS) is 17.4. The van der Waals surface area contributed by atoms with Crippen molar-refractivity contribution in [1.29, 1.82) is 0 Å². The molecule has 0 aliphatic carbocycles. The molecule has 0 saturated carbocycles. The van der Waals surface area contributed by atoms with Gasteiger partial charge in [-0.1, -0.05) is 13.8 Å². The molecule has 0 fully saturated rings. The summed E-state index contributed by atoms with van der Waals surface area (Å²) in [6.07, 6.45) is 0.262. The highest BCUT2D eigenvalue weighted by Crippen LogP contribution is 2.08. The van der Waals surface area contributed by atoms with Crippen molar-refractivity contribution in [3.63, 3.8) is 0 Å². The molecular formula is C5H11NO3. The van der Waals surface area contributed by atoms with Crippen LogP contribution in [-0.4, -0.2) is 22.3 Å². The maximum atomic E-state index is 10.0. The molecule has 0 bridgehead atoms. The van der Waals surface area contributed by atoms with Gasteiger partial charge in [-0.25, -0.2) is 0 Å². The molecular weight excluding hydrogens is 122 g/mol. The number of rotatable bonds is 3. The largest absolute Gasteiger partial charge is 0.367 e. The molecule has 0 radical (unpaired) electrons. The van der Waals surface area contributed by atoms with E-state index in [9.17, 15) is 4.79 Å². The third-order valence-corrected chi connectivity index (χ3v) is 1.24. The molecule has 0 aromatic heterocycles. The Morgan fingerprint density at radius 3 is 2.11 bits per heavy atom. The first-order valence-corrected chi connectivity index (χ1v) is 2.66. The molecule has 9 heavy (non-hydrogen) atoms. The van der Waals surface area contributed by atoms with Crippen molar-refractivity contribution >= 4 is 6.29 Å². The van der Waals surface area contributed by atoms with Gasteiger partial charge in [0.1, 0.15) is 0 Å². The molecule has 0 amide bonds. The van der Waals surface area contributed by atoms with Gasteiger partial charge in [-0.2, -0.15) is 5.48 Å². The summed E-state index contributed by atoms with van der Waals surface area (Å²) < 4.78 is 0. The fourth-order valence-electron chi connectivity index (χ4n) is 0.292. The molecule has 0 aliphatic heterocycles. The lowest BCUT2D eigenvalue weighted by Gasteiger charge is -2.22. The first-order chi connectivity index (χ1) is 4.06. The van der Waals surface area contributed by atoms with Gasteiger partial charge < -0.3 is 10.3 Å². The van der Waals surface area contributed by atoms with E-state index < -0.39 is 5.72 Å². The van der Waals surface area contributed by atoms with E-state index in [-0.39, 0.29) is 12.2 Å². The standard InChI is InChI=1S/C5H11NO3/c1-4(2)5(8,3-7)6-9/h3-4,6,8-9H,1-2H3/t5-/m1/s1. The molecule has 0 aliphatic rings. The predicted octanol–water partition coefficient (Wildman–Crippen LogP) is -0.491. The number of aldehydes is 1. The smallest absolute Gasteiger partial charge is 0.196 e. The average molecular weight is 133 g/mol. The Labute approximate surface area is 53.5 Å². The van der Waals surface area contributed by atoms with Crippen molar-refractivity contribution in [3.8, 4) is 0 Å². The minimum absolute atomic E-state index is 0.262. The highest BCUT2D eigenvalue weighted by molar-refractivity contribution is 5.61. The number of hydroxylamine groups is 1. The molecule has 1 atom stereocenters. The van der Waals surface area contributed by atoms with Crippen LogP contribution in [0.4, 0.5) is 0 Å². The van der Waals surface area contributed by atoms with E-state index in [4.69, 9.17) is 10.3 Å². The zero-order valence-electron chi connectivity index (χ0n) is 5.46. The van der Waals surface area contributed by atoms with Crippen LogP contribution in [0.2, 0.25) is 0 Å². The van der Waals surface area contributed by atoms with Gasteiger partial charge in [0.05, 0.1) is 0 Å². The van der Waals surface area contributed by atoms with Gasteiger partial charge >= 0.3 is 0 Å². The number of hydrogen-bond donors (Lipinski definition) is 3. The fraction of sp³-hybridized carbons (Fsp3) is 0.800. The van der Waals surface area contributed by atoms with Crippen LogP contribution in [0.1, 0.15) is 13.8 Å². The summed E-state index contributed by atoms with van der Waals surface area (Å²) in [5, 5.41) is 17.2. The Morgan fingerprint density at radius 2 is 2.11 bits per heavy atom. The molecule has 4 nitrogen and oxygen atoms in total. The lowest BCUT2D eigenvalue weighted by atomic mass is 10.0. The van der Waals surface area contributed by atoms with Crippen molar-refractivity contribution in [1.82, 2.24) is 5.48 Å². The van der Waals surface area contributed by atoms with E-state index in [0.29, 0.717) is 0 Å². The van der Waals surface area contributed by atoms with Crippen molar-refractivity contribution < 1.29 is 15.1 Å². The Balaban J connectivity index is 4.08. The monoisotopic (exact) mass is 133 g/mol. The first kappa shape index (κ1) is 8.55. The van der Waals surface area contributed by atoms with E-state index in [2.05, 4.69) is 0 Å². The van der Waals surface area contributed by atoms with Crippen molar-refractivity contribution in [2.45, 2.75) is 19.6 Å². The summed E-state index contributed by atoms with van der Waals surface area (Å²) in [6.45, 7) is 3.22. The maximum absolute atomic E-state index is 10.0. The molecule has 0 aromatic rings. The van der Waals surface area contributed by atoms with Gasteiger partial charge in [0.2, 0.25) is 0 Å². The van der Waals surface area contributed by atoms with Crippen molar-refractivity contribution in [2.24, 2.45) is 5.92 Å². The molecule has 0 rings (SSSR count). The summed E-state index contributed by atoms with van der Waals surface area (Å²) in [5.74, 6) is -0.347. The molecule has 0 heterocycles. The molecule has 0 unspecified atom stereocenters. The lowest BCUT2D eigenvalue weighted by Crippen LogP contribution is -2.49. The molecule has 4 heteroatoms. The molecule has 3 N–H and O–H groups in total. The Bertz CT molecular complexity index is 104. The Hall–Kier alpha value is -0.450. The van der Waals surface area contributed by atoms with Crippen LogP contribution in [0.25, 0.3) is 0 Å². The molecule has 0 aromatic carbocycles. The number of carbonyl (C=O) groups excluding carboxylic acids is 1. The van der Waals surface area contributed by atoms with Crippen LogP contribution in [0.3, 0.4) is 0 Å². The van der Waals surface area contributed by atoms with Gasteiger partial charge in [-0.05, 0) is 0 Å². The van der Waals surface area contributed by atoms with Crippen LogP contribution in [-0.2, 0) is 4.79 Å². The maximum Gasteiger partial charge on any atom is 0.196 e. The summed E-state index contributed by atoms with van der Waals surface area (Å²) in [6, 6.07) is 0. The molecule has 54 valence electrons. The van der Waals surface area contributed by atoms with E-state index in [1.54, 1.807) is 13.8 Å². The Kier molecular flexibility index (Phi) is 2.76. The molecule has 0 saturated heterocycles. The van der Waals surface area contributed by atoms with Crippen LogP contribution in [0, 0.1) is 5.92 Å². The minimum Gasteiger partial charge on any atom is -0.367 e. The number of nitrogens with one attached hydrogen (secondary N) is 1. The van der Waals surface area contributed by atoms with Crippen molar-refractivity contribution in [2.75, 3.05) is 0 Å². The van der Waals surface area contributed by atoms with Gasteiger partial charge in [0.15, 0.2) is 12.0 Å². The quantitative estimate of drug-likeness (QED) is 0.276. The average Bonchev–Trinajstić information content (AvgIpc) is 1.86. The third kappa shape index (κ3) is 1.74. The van der Waals surface area contributed by atoms with Gasteiger partial charge in [0.25, 0.3) is 0 Å². The summed E-state index contributed by atoms with van der Waals surface area (Å²) in [7, 11) is 0. The Morgan fingerprint density at radius 1 is 1.67 bits per heavy atom. The van der Waals surface area contributed by atoms with E-state index in [1.807, 2.05) is 0 Å². The van der Waals surface area contributed by atoms with E-state index in [0.717, 1.165) is 0 Å². The zero-order valence-corrected chi connectivity index (χ0v) is 5.46. The highest BCUT2D eigenvalue weighted by Gasteiger charge is 2.29. The van der Waals surface area contributed by atoms with Gasteiger partial charge in [-0.3, -0.25) is 4.79 Å². The predicted molar refractivity (Wildman–Crippen MR) is 30.8 cm³/mol. The first-order valence-electron chi connectivity index (χ1n) is 2.66. The highest BCUT2D eigenvalue weighted by atomic mass is 16.5. The van der Waals surface area contributed by atoms with Crippen LogP contribution < -0.4 is 5.48 Å². The third-order valence-electron chi connectivity index (χ3n) is 1.24. The number of hydrogen-bond acceptors (Lipinski definition) is 4. The summed E-state index contributed by atoms with van der Waals surface area (Å²) in [4.78, 5) is 10.0. The zero-order chi connectivity index (χ0) is 7.49. The second-order valence-electron chi connectivity index (χ2n) is 2.21. The van der Waals surface area contributed by atoms with Crippen LogP contribution in [0.5, 0.6) is 0 Å². The minimum atomic E-state index is -1.79. The summed E-state index contributed by atoms with van der Waals surface area (Å²) >= 11 is 0. The SMILES string of the molecule is CC(C)[C@](O)(C=O)NO. The van der Waals surface area contributed by atoms with Crippen LogP contribution >= 0.6 is 0 Å². The van der Waals surface area contributed by atoms with Gasteiger partial charge in [-0.15, -0.1) is 0 Å². The fourth-order valence-corrected chi connectivity index (χ4v) is 0.292. The number of carbonyl (C=O) groups is 1. The number of aliphatic hydroxyl groups is 1. The van der Waals surface area contributed by atoms with Crippen molar-refractivity contribution in [3.05, 3.63) is 0 Å². The van der Waals surface area contributed by atoms with Crippen LogP contribution in [0.15, 0.2) is 0 Å². The van der Waals surface area contributed by atoms with E-state index in [1.165, 1.54) is 5.48 Å².